The molecule has 2 aromatic rings. The van der Waals surface area contributed by atoms with Crippen LogP contribution in [0.1, 0.15) is 0 Å². The minimum Gasteiger partial charge on any atom is -0.439 e. The van der Waals surface area contributed by atoms with Gasteiger partial charge >= 0.3 is 0 Å². The number of para-hydroxylation sites is 1. The molecular weight excluding hydrogens is 181 g/mol. The number of rotatable bonds is 2. The van der Waals surface area contributed by atoms with Crippen LogP contribution in [0.3, 0.4) is 0 Å². The summed E-state index contributed by atoms with van der Waals surface area (Å²) in [6.07, 6.45) is 0. The summed E-state index contributed by atoms with van der Waals surface area (Å²) in [6, 6.07) is 13.6. The van der Waals surface area contributed by atoms with Gasteiger partial charge in [-0.1, -0.05) is 24.3 Å². The zero-order valence-electron chi connectivity index (χ0n) is 7.35. The van der Waals surface area contributed by atoms with Crippen molar-refractivity contribution in [3.8, 4) is 11.6 Å². The lowest BCUT2D eigenvalue weighted by molar-refractivity contribution is 0.445. The number of hydrogen-bond donors (Lipinski definition) is 0. The number of nitrogens with zero attached hydrogens (tertiary/aromatic N) is 1. The van der Waals surface area contributed by atoms with Gasteiger partial charge in [-0.15, -0.1) is 0 Å². The zero-order valence-corrected chi connectivity index (χ0v) is 7.35. The molecule has 0 spiro atoms. The average molecular weight is 189 g/mol. The first kappa shape index (κ1) is 8.69. The number of pyridine rings is 1. The number of aromatic nitrogens is 1. The molecule has 0 unspecified atom stereocenters. The third kappa shape index (κ3) is 2.07. The maximum atomic E-state index is 12.7. The molecule has 0 aliphatic heterocycles. The minimum absolute atomic E-state index is 0.260. The third-order valence-corrected chi connectivity index (χ3v) is 1.66. The summed E-state index contributed by atoms with van der Waals surface area (Å²) in [4.78, 5) is 3.58. The molecule has 70 valence electrons. The molecule has 0 saturated carbocycles. The van der Waals surface area contributed by atoms with E-state index in [1.165, 1.54) is 6.07 Å². The van der Waals surface area contributed by atoms with Crippen LogP contribution in [0.15, 0.2) is 48.5 Å². The van der Waals surface area contributed by atoms with Crippen LogP contribution in [0.2, 0.25) is 0 Å². The fourth-order valence-electron chi connectivity index (χ4n) is 1.06. The fourth-order valence-corrected chi connectivity index (χ4v) is 1.06. The average Bonchev–Trinajstić information content (AvgIpc) is 2.19. The van der Waals surface area contributed by atoms with E-state index in [4.69, 9.17) is 4.74 Å². The van der Waals surface area contributed by atoms with Crippen molar-refractivity contribution in [1.82, 2.24) is 4.98 Å². The molecule has 0 amide bonds. The molecule has 2 nitrogen and oxygen atoms in total. The van der Waals surface area contributed by atoms with E-state index in [1.807, 2.05) is 18.2 Å². The molecule has 1 heterocycles. The second-order valence-electron chi connectivity index (χ2n) is 2.71. The smallest absolute Gasteiger partial charge is 0.221 e. The first-order chi connectivity index (χ1) is 6.84. The summed E-state index contributed by atoms with van der Waals surface area (Å²) in [7, 11) is 0. The SMILES string of the molecule is Fc1cccc(Oc2ccccc2)n1. The van der Waals surface area contributed by atoms with Gasteiger partial charge in [0.25, 0.3) is 0 Å². The topological polar surface area (TPSA) is 22.1 Å². The van der Waals surface area contributed by atoms with Crippen molar-refractivity contribution in [3.05, 3.63) is 54.5 Å². The lowest BCUT2D eigenvalue weighted by Crippen LogP contribution is -1.89. The summed E-state index contributed by atoms with van der Waals surface area (Å²) in [5, 5.41) is 0. The lowest BCUT2D eigenvalue weighted by Gasteiger charge is -2.02. The first-order valence-corrected chi connectivity index (χ1v) is 4.20. The van der Waals surface area contributed by atoms with Crippen LogP contribution in [0.25, 0.3) is 0 Å². The van der Waals surface area contributed by atoms with Gasteiger partial charge in [-0.3, -0.25) is 0 Å². The van der Waals surface area contributed by atoms with Crippen molar-refractivity contribution in [2.45, 2.75) is 0 Å². The van der Waals surface area contributed by atoms with Crippen molar-refractivity contribution in [3.63, 3.8) is 0 Å². The molecule has 0 radical (unpaired) electrons. The van der Waals surface area contributed by atoms with E-state index < -0.39 is 5.95 Å². The van der Waals surface area contributed by atoms with Crippen molar-refractivity contribution in [2.75, 3.05) is 0 Å². The summed E-state index contributed by atoms with van der Waals surface area (Å²) >= 11 is 0. The molecule has 0 atom stereocenters. The Morgan fingerprint density at radius 3 is 2.43 bits per heavy atom. The molecule has 0 saturated heterocycles. The maximum Gasteiger partial charge on any atom is 0.221 e. The Labute approximate surface area is 81.0 Å². The number of halogens is 1. The standard InChI is InChI=1S/C11H8FNO/c12-10-7-4-8-11(13-10)14-9-5-2-1-3-6-9/h1-8H. The fraction of sp³-hybridized carbons (Fsp3) is 0. The van der Waals surface area contributed by atoms with Crippen LogP contribution >= 0.6 is 0 Å². The van der Waals surface area contributed by atoms with Gasteiger partial charge in [-0.25, -0.2) is 0 Å². The number of hydrogen-bond acceptors (Lipinski definition) is 2. The molecule has 0 N–H and O–H groups in total. The summed E-state index contributed by atoms with van der Waals surface area (Å²) in [5.41, 5.74) is 0. The maximum absolute atomic E-state index is 12.7. The van der Waals surface area contributed by atoms with Crippen molar-refractivity contribution in [2.24, 2.45) is 0 Å². The highest BCUT2D eigenvalue weighted by molar-refractivity contribution is 5.26. The van der Waals surface area contributed by atoms with Gasteiger partial charge in [-0.05, 0) is 18.2 Å². The van der Waals surface area contributed by atoms with Crippen molar-refractivity contribution >= 4 is 0 Å². The van der Waals surface area contributed by atoms with Crippen LogP contribution in [0.5, 0.6) is 11.6 Å². The third-order valence-electron chi connectivity index (χ3n) is 1.66. The van der Waals surface area contributed by atoms with Crippen LogP contribution < -0.4 is 4.74 Å². The Bertz CT molecular complexity index is 417. The summed E-state index contributed by atoms with van der Waals surface area (Å²) in [6.45, 7) is 0. The monoisotopic (exact) mass is 189 g/mol. The van der Waals surface area contributed by atoms with Crippen molar-refractivity contribution < 1.29 is 9.13 Å². The Balaban J connectivity index is 2.19. The Kier molecular flexibility index (Phi) is 2.40. The van der Waals surface area contributed by atoms with E-state index in [2.05, 4.69) is 4.98 Å². The Morgan fingerprint density at radius 2 is 1.71 bits per heavy atom. The van der Waals surface area contributed by atoms with Crippen LogP contribution in [0, 0.1) is 5.95 Å². The van der Waals surface area contributed by atoms with Crippen molar-refractivity contribution in [1.29, 1.82) is 0 Å². The predicted molar refractivity (Wildman–Crippen MR) is 50.7 cm³/mol. The highest BCUT2D eigenvalue weighted by Crippen LogP contribution is 2.17. The van der Waals surface area contributed by atoms with Crippen LogP contribution in [0.4, 0.5) is 4.39 Å². The quantitative estimate of drug-likeness (QED) is 0.677. The first-order valence-electron chi connectivity index (χ1n) is 4.20. The van der Waals surface area contributed by atoms with Gasteiger partial charge in [0.1, 0.15) is 5.75 Å². The zero-order chi connectivity index (χ0) is 9.80. The largest absolute Gasteiger partial charge is 0.439 e. The van der Waals surface area contributed by atoms with E-state index >= 15 is 0 Å². The lowest BCUT2D eigenvalue weighted by atomic mass is 10.3. The molecular formula is C11H8FNO. The number of ether oxygens (including phenoxy) is 1. The van der Waals surface area contributed by atoms with E-state index in [0.29, 0.717) is 5.75 Å². The highest BCUT2D eigenvalue weighted by Gasteiger charge is 1.98. The van der Waals surface area contributed by atoms with Gasteiger partial charge in [0, 0.05) is 6.07 Å². The minimum atomic E-state index is -0.543. The molecule has 3 heteroatoms. The molecule has 1 aromatic heterocycles. The van der Waals surface area contributed by atoms with Gasteiger partial charge in [-0.2, -0.15) is 9.37 Å². The molecule has 0 aliphatic rings. The van der Waals surface area contributed by atoms with Crippen LogP contribution in [-0.2, 0) is 0 Å². The summed E-state index contributed by atoms with van der Waals surface area (Å²) in [5.74, 6) is 0.361. The van der Waals surface area contributed by atoms with Crippen LogP contribution in [-0.4, -0.2) is 4.98 Å². The predicted octanol–water partition coefficient (Wildman–Crippen LogP) is 3.01. The van der Waals surface area contributed by atoms with Gasteiger partial charge < -0.3 is 4.74 Å². The number of benzene rings is 1. The molecule has 1 aromatic carbocycles. The van der Waals surface area contributed by atoms with E-state index in [-0.39, 0.29) is 5.88 Å². The van der Waals surface area contributed by atoms with E-state index in [0.717, 1.165) is 0 Å². The normalized spacial score (nSPS) is 9.79. The highest BCUT2D eigenvalue weighted by atomic mass is 19.1. The molecule has 2 rings (SSSR count). The van der Waals surface area contributed by atoms with Gasteiger partial charge in [0.05, 0.1) is 0 Å². The van der Waals surface area contributed by atoms with E-state index in [1.54, 1.807) is 24.3 Å². The molecule has 0 aliphatic carbocycles. The summed E-state index contributed by atoms with van der Waals surface area (Å²) < 4.78 is 18.0. The second-order valence-corrected chi connectivity index (χ2v) is 2.71. The molecule has 0 bridgehead atoms. The van der Waals surface area contributed by atoms with Gasteiger partial charge in [0.2, 0.25) is 11.8 Å². The molecule has 0 fully saturated rings. The molecule has 14 heavy (non-hydrogen) atoms. The van der Waals surface area contributed by atoms with E-state index in [9.17, 15) is 4.39 Å². The Hall–Kier alpha value is -1.90. The van der Waals surface area contributed by atoms with Gasteiger partial charge in [0.15, 0.2) is 0 Å². The second kappa shape index (κ2) is 3.87. The Morgan fingerprint density at radius 1 is 0.929 bits per heavy atom.